The molecule has 6 heteroatoms. The first kappa shape index (κ1) is 16.0. The number of nitrogens with zero attached hydrogens (tertiary/aromatic N) is 2. The Morgan fingerprint density at radius 1 is 1.29 bits per heavy atom. The summed E-state index contributed by atoms with van der Waals surface area (Å²) < 4.78 is 5.08. The van der Waals surface area contributed by atoms with E-state index in [2.05, 4.69) is 27.4 Å². The second-order valence-electron chi connectivity index (χ2n) is 5.41. The molecule has 0 radical (unpaired) electrons. The van der Waals surface area contributed by atoms with Gasteiger partial charge in [0.25, 0.3) is 0 Å². The Balaban J connectivity index is 1.95. The lowest BCUT2D eigenvalue weighted by Gasteiger charge is -2.16. The number of pyridine rings is 1. The number of anilines is 1. The molecule has 0 aliphatic rings. The predicted molar refractivity (Wildman–Crippen MR) is 92.9 cm³/mol. The molecule has 0 fully saturated rings. The van der Waals surface area contributed by atoms with Crippen molar-refractivity contribution in [2.24, 2.45) is 0 Å². The van der Waals surface area contributed by atoms with E-state index in [1.165, 1.54) is 0 Å². The third-order valence-electron chi connectivity index (χ3n) is 3.83. The number of hydrogen-bond donors (Lipinski definition) is 2. The standard InChI is InChI=1S/C18H20N4O2/c1-3-14(20-16-7-5-6-10-19-16)17-13-11-12(18(23)24-4-2)8-9-15(13)21-22-17/h5-11,14H,3-4H2,1-2H3,(H,19,20)(H,21,22). The summed E-state index contributed by atoms with van der Waals surface area (Å²) in [5, 5.41) is 11.8. The Kier molecular flexibility index (Phi) is 4.74. The number of aromatic nitrogens is 3. The van der Waals surface area contributed by atoms with Crippen LogP contribution >= 0.6 is 0 Å². The number of esters is 1. The van der Waals surface area contributed by atoms with Gasteiger partial charge >= 0.3 is 5.97 Å². The van der Waals surface area contributed by atoms with Crippen LogP contribution < -0.4 is 5.32 Å². The number of hydrogen-bond acceptors (Lipinski definition) is 5. The average molecular weight is 324 g/mol. The van der Waals surface area contributed by atoms with Crippen LogP contribution in [0.5, 0.6) is 0 Å². The molecule has 1 aromatic carbocycles. The molecule has 0 spiro atoms. The van der Waals surface area contributed by atoms with Crippen molar-refractivity contribution < 1.29 is 9.53 Å². The summed E-state index contributed by atoms with van der Waals surface area (Å²) in [5.74, 6) is 0.472. The summed E-state index contributed by atoms with van der Waals surface area (Å²) in [6.45, 7) is 4.23. The number of rotatable bonds is 6. The molecule has 0 saturated heterocycles. The summed E-state index contributed by atoms with van der Waals surface area (Å²) >= 11 is 0. The quantitative estimate of drug-likeness (QED) is 0.676. The Bertz CT molecular complexity index is 829. The van der Waals surface area contributed by atoms with Gasteiger partial charge in [-0.05, 0) is 43.7 Å². The third-order valence-corrected chi connectivity index (χ3v) is 3.83. The molecule has 2 heterocycles. The van der Waals surface area contributed by atoms with Gasteiger partial charge in [0.2, 0.25) is 0 Å². The van der Waals surface area contributed by atoms with Crippen molar-refractivity contribution in [3.63, 3.8) is 0 Å². The maximum atomic E-state index is 12.0. The summed E-state index contributed by atoms with van der Waals surface area (Å²) in [7, 11) is 0. The minimum absolute atomic E-state index is 0.00824. The lowest BCUT2D eigenvalue weighted by atomic mass is 10.0. The van der Waals surface area contributed by atoms with Gasteiger partial charge in [0.05, 0.1) is 29.4 Å². The fraction of sp³-hybridized carbons (Fsp3) is 0.278. The maximum Gasteiger partial charge on any atom is 0.338 e. The fourth-order valence-electron chi connectivity index (χ4n) is 2.63. The molecule has 6 nitrogen and oxygen atoms in total. The van der Waals surface area contributed by atoms with E-state index in [0.717, 1.165) is 28.8 Å². The minimum atomic E-state index is -0.322. The highest BCUT2D eigenvalue weighted by molar-refractivity contribution is 5.95. The Morgan fingerprint density at radius 2 is 2.17 bits per heavy atom. The lowest BCUT2D eigenvalue weighted by molar-refractivity contribution is 0.0526. The molecular formula is C18H20N4O2. The van der Waals surface area contributed by atoms with Crippen molar-refractivity contribution in [2.75, 3.05) is 11.9 Å². The van der Waals surface area contributed by atoms with E-state index in [0.29, 0.717) is 12.2 Å². The highest BCUT2D eigenvalue weighted by Crippen LogP contribution is 2.27. The second-order valence-corrected chi connectivity index (χ2v) is 5.41. The molecule has 24 heavy (non-hydrogen) atoms. The second kappa shape index (κ2) is 7.12. The van der Waals surface area contributed by atoms with Crippen molar-refractivity contribution in [1.29, 1.82) is 0 Å². The molecule has 0 aliphatic heterocycles. The number of fused-ring (bicyclic) bond motifs is 1. The number of benzene rings is 1. The van der Waals surface area contributed by atoms with Gasteiger partial charge < -0.3 is 10.1 Å². The Labute approximate surface area is 140 Å². The van der Waals surface area contributed by atoms with Crippen molar-refractivity contribution >= 4 is 22.7 Å². The molecule has 2 N–H and O–H groups in total. The Hall–Kier alpha value is -2.89. The molecule has 0 amide bonds. The number of H-pyrrole nitrogens is 1. The van der Waals surface area contributed by atoms with Crippen LogP contribution in [0.1, 0.15) is 42.4 Å². The maximum absolute atomic E-state index is 12.0. The van der Waals surface area contributed by atoms with E-state index < -0.39 is 0 Å². The van der Waals surface area contributed by atoms with Gasteiger partial charge in [0.1, 0.15) is 5.82 Å². The largest absolute Gasteiger partial charge is 0.462 e. The zero-order chi connectivity index (χ0) is 16.9. The first-order valence-electron chi connectivity index (χ1n) is 8.05. The van der Waals surface area contributed by atoms with Gasteiger partial charge in [-0.25, -0.2) is 9.78 Å². The molecule has 2 aromatic heterocycles. The van der Waals surface area contributed by atoms with Crippen LogP contribution in [0.25, 0.3) is 10.9 Å². The van der Waals surface area contributed by atoms with Gasteiger partial charge in [-0.3, -0.25) is 5.10 Å². The zero-order valence-corrected chi connectivity index (χ0v) is 13.7. The highest BCUT2D eigenvalue weighted by atomic mass is 16.5. The molecule has 1 atom stereocenters. The van der Waals surface area contributed by atoms with Crippen molar-refractivity contribution in [2.45, 2.75) is 26.3 Å². The smallest absolute Gasteiger partial charge is 0.338 e. The normalized spacial score (nSPS) is 12.1. The number of ether oxygens (including phenoxy) is 1. The SMILES string of the molecule is CCOC(=O)c1ccc2[nH]nc(C(CC)Nc3ccccn3)c2c1. The number of carbonyl (C=O) groups is 1. The molecule has 0 saturated carbocycles. The zero-order valence-electron chi connectivity index (χ0n) is 13.7. The topological polar surface area (TPSA) is 79.9 Å². The summed E-state index contributed by atoms with van der Waals surface area (Å²) in [5.41, 5.74) is 2.28. The van der Waals surface area contributed by atoms with Crippen LogP contribution in [-0.2, 0) is 4.74 Å². The highest BCUT2D eigenvalue weighted by Gasteiger charge is 2.18. The van der Waals surface area contributed by atoms with E-state index in [1.54, 1.807) is 19.2 Å². The molecule has 1 unspecified atom stereocenters. The fourth-order valence-corrected chi connectivity index (χ4v) is 2.63. The van der Waals surface area contributed by atoms with Gasteiger partial charge in [-0.1, -0.05) is 13.0 Å². The van der Waals surface area contributed by atoms with E-state index in [1.807, 2.05) is 30.3 Å². The average Bonchev–Trinajstić information content (AvgIpc) is 3.04. The molecule has 0 aliphatic carbocycles. The van der Waals surface area contributed by atoms with E-state index in [-0.39, 0.29) is 12.0 Å². The predicted octanol–water partition coefficient (Wildman–Crippen LogP) is 3.70. The van der Waals surface area contributed by atoms with Crippen LogP contribution in [-0.4, -0.2) is 27.8 Å². The summed E-state index contributed by atoms with van der Waals surface area (Å²) in [4.78, 5) is 16.3. The van der Waals surface area contributed by atoms with Crippen LogP contribution in [0, 0.1) is 0 Å². The van der Waals surface area contributed by atoms with Crippen molar-refractivity contribution in [3.8, 4) is 0 Å². The van der Waals surface area contributed by atoms with Crippen molar-refractivity contribution in [1.82, 2.24) is 15.2 Å². The van der Waals surface area contributed by atoms with Gasteiger partial charge in [-0.2, -0.15) is 5.10 Å². The number of aromatic amines is 1. The van der Waals surface area contributed by atoms with Crippen LogP contribution in [0.2, 0.25) is 0 Å². The summed E-state index contributed by atoms with van der Waals surface area (Å²) in [6.07, 6.45) is 2.58. The molecular weight excluding hydrogens is 304 g/mol. The van der Waals surface area contributed by atoms with E-state index in [4.69, 9.17) is 4.74 Å². The van der Waals surface area contributed by atoms with E-state index >= 15 is 0 Å². The first-order chi connectivity index (χ1) is 11.7. The molecule has 3 rings (SSSR count). The van der Waals surface area contributed by atoms with Crippen molar-refractivity contribution in [3.05, 3.63) is 53.9 Å². The monoisotopic (exact) mass is 324 g/mol. The van der Waals surface area contributed by atoms with Gasteiger partial charge in [-0.15, -0.1) is 0 Å². The Morgan fingerprint density at radius 3 is 2.88 bits per heavy atom. The van der Waals surface area contributed by atoms with Gasteiger partial charge in [0.15, 0.2) is 0 Å². The summed E-state index contributed by atoms with van der Waals surface area (Å²) in [6, 6.07) is 11.1. The molecule has 124 valence electrons. The first-order valence-corrected chi connectivity index (χ1v) is 8.05. The van der Waals surface area contributed by atoms with Gasteiger partial charge in [0, 0.05) is 11.6 Å². The lowest BCUT2D eigenvalue weighted by Crippen LogP contribution is -2.11. The number of nitrogens with one attached hydrogen (secondary N) is 2. The minimum Gasteiger partial charge on any atom is -0.462 e. The van der Waals surface area contributed by atoms with Crippen LogP contribution in [0.4, 0.5) is 5.82 Å². The molecule has 0 bridgehead atoms. The van der Waals surface area contributed by atoms with E-state index in [9.17, 15) is 4.79 Å². The molecule has 3 aromatic rings. The number of carbonyl (C=O) groups excluding carboxylic acids is 1. The van der Waals surface area contributed by atoms with Crippen LogP contribution in [0.15, 0.2) is 42.6 Å². The van der Waals surface area contributed by atoms with Crippen LogP contribution in [0.3, 0.4) is 0 Å². The third kappa shape index (κ3) is 3.22.